The molecule has 3 heterocycles. The number of aromatic nitrogens is 1. The Balaban J connectivity index is 1.42. The number of amides is 1. The van der Waals surface area contributed by atoms with Crippen molar-refractivity contribution in [2.24, 2.45) is 0 Å². The number of rotatable bonds is 3. The number of benzene rings is 1. The number of carbonyl (C=O) groups excluding carboxylic acids is 1. The number of pyridine rings is 1. The molecule has 5 nitrogen and oxygen atoms in total. The maximum atomic E-state index is 14.0. The molecule has 2 aliphatic heterocycles. The normalized spacial score (nSPS) is 18.1. The van der Waals surface area contributed by atoms with Crippen LogP contribution in [-0.4, -0.2) is 55.1 Å². The van der Waals surface area contributed by atoms with Gasteiger partial charge in [-0.3, -0.25) is 9.78 Å². The van der Waals surface area contributed by atoms with Crippen molar-refractivity contribution in [3.63, 3.8) is 0 Å². The van der Waals surface area contributed by atoms with Crippen LogP contribution in [0.25, 0.3) is 0 Å². The predicted molar refractivity (Wildman–Crippen MR) is 109 cm³/mol. The number of hydrogen-bond acceptors (Lipinski definition) is 4. The highest BCUT2D eigenvalue weighted by atomic mass is 19.1. The third-order valence-electron chi connectivity index (χ3n) is 5.70. The molecule has 1 aromatic heterocycles. The van der Waals surface area contributed by atoms with Crippen LogP contribution >= 0.6 is 0 Å². The van der Waals surface area contributed by atoms with E-state index in [1.165, 1.54) is 18.9 Å². The van der Waals surface area contributed by atoms with Gasteiger partial charge in [-0.1, -0.05) is 25.0 Å². The van der Waals surface area contributed by atoms with Crippen LogP contribution in [0.3, 0.4) is 0 Å². The van der Waals surface area contributed by atoms with Gasteiger partial charge in [-0.05, 0) is 31.0 Å². The van der Waals surface area contributed by atoms with Gasteiger partial charge in [-0.2, -0.15) is 0 Å². The molecule has 148 valence electrons. The van der Waals surface area contributed by atoms with E-state index in [2.05, 4.69) is 14.8 Å². The predicted octanol–water partition coefficient (Wildman–Crippen LogP) is 3.56. The second-order valence-electron chi connectivity index (χ2n) is 7.56. The van der Waals surface area contributed by atoms with E-state index in [1.54, 1.807) is 12.3 Å². The number of likely N-dealkylation sites (tertiary alicyclic amines) is 1. The molecule has 0 radical (unpaired) electrons. The number of halogens is 1. The molecule has 0 N–H and O–H groups in total. The summed E-state index contributed by atoms with van der Waals surface area (Å²) in [7, 11) is 0. The number of carbonyl (C=O) groups is 1. The number of piperazine rings is 1. The SMILES string of the molecule is O=C(c1cncc(N2CCN(c3ccccc3F)CC2)c1)N1CCCCCC1. The molecule has 2 aliphatic rings. The largest absolute Gasteiger partial charge is 0.367 e. The fourth-order valence-electron chi connectivity index (χ4n) is 4.09. The zero-order valence-electron chi connectivity index (χ0n) is 16.2. The fourth-order valence-corrected chi connectivity index (χ4v) is 4.09. The van der Waals surface area contributed by atoms with Crippen LogP contribution in [0.2, 0.25) is 0 Å². The van der Waals surface area contributed by atoms with Crippen molar-refractivity contribution >= 4 is 17.3 Å². The van der Waals surface area contributed by atoms with Gasteiger partial charge in [0, 0.05) is 45.5 Å². The Morgan fingerprint density at radius 1 is 0.857 bits per heavy atom. The van der Waals surface area contributed by atoms with Gasteiger partial charge < -0.3 is 14.7 Å². The third kappa shape index (κ3) is 4.11. The standard InChI is InChI=1S/C22H27FN4O/c23-20-7-3-4-8-21(20)26-13-11-25(12-14-26)19-15-18(16-24-17-19)22(28)27-9-5-1-2-6-10-27/h3-4,7-8,15-17H,1-2,5-6,9-14H2. The Hall–Kier alpha value is -2.63. The van der Waals surface area contributed by atoms with Crippen molar-refractivity contribution < 1.29 is 9.18 Å². The summed E-state index contributed by atoms with van der Waals surface area (Å²) in [5, 5.41) is 0. The first-order valence-corrected chi connectivity index (χ1v) is 10.2. The molecule has 0 unspecified atom stereocenters. The van der Waals surface area contributed by atoms with Crippen LogP contribution in [0.15, 0.2) is 42.7 Å². The Labute approximate surface area is 165 Å². The molecule has 6 heteroatoms. The van der Waals surface area contributed by atoms with Crippen LogP contribution in [0.1, 0.15) is 36.0 Å². The maximum absolute atomic E-state index is 14.0. The summed E-state index contributed by atoms with van der Waals surface area (Å²) in [5.41, 5.74) is 2.29. The lowest BCUT2D eigenvalue weighted by molar-refractivity contribution is 0.0761. The monoisotopic (exact) mass is 382 g/mol. The molecule has 0 aliphatic carbocycles. The van der Waals surface area contributed by atoms with Gasteiger partial charge in [0.15, 0.2) is 0 Å². The molecule has 1 amide bonds. The van der Waals surface area contributed by atoms with Crippen LogP contribution in [0.5, 0.6) is 0 Å². The molecular formula is C22H27FN4O. The first kappa shape index (κ1) is 18.7. The zero-order chi connectivity index (χ0) is 19.3. The lowest BCUT2D eigenvalue weighted by Crippen LogP contribution is -2.47. The molecule has 28 heavy (non-hydrogen) atoms. The lowest BCUT2D eigenvalue weighted by Gasteiger charge is -2.37. The smallest absolute Gasteiger partial charge is 0.255 e. The van der Waals surface area contributed by atoms with Gasteiger partial charge in [0.25, 0.3) is 5.91 Å². The van der Waals surface area contributed by atoms with E-state index < -0.39 is 0 Å². The Kier molecular flexibility index (Phi) is 5.74. The minimum Gasteiger partial charge on any atom is -0.367 e. The zero-order valence-corrected chi connectivity index (χ0v) is 16.2. The number of nitrogens with zero attached hydrogens (tertiary/aromatic N) is 4. The van der Waals surface area contributed by atoms with Crippen molar-refractivity contribution in [3.8, 4) is 0 Å². The van der Waals surface area contributed by atoms with Gasteiger partial charge in [-0.25, -0.2) is 4.39 Å². The van der Waals surface area contributed by atoms with Crippen molar-refractivity contribution in [1.29, 1.82) is 0 Å². The van der Waals surface area contributed by atoms with Crippen LogP contribution < -0.4 is 9.80 Å². The van der Waals surface area contributed by atoms with Crippen LogP contribution in [-0.2, 0) is 0 Å². The quantitative estimate of drug-likeness (QED) is 0.814. The van der Waals surface area contributed by atoms with Gasteiger partial charge in [-0.15, -0.1) is 0 Å². The first-order chi connectivity index (χ1) is 13.7. The van der Waals surface area contributed by atoms with Crippen molar-refractivity contribution in [1.82, 2.24) is 9.88 Å². The molecule has 2 aromatic rings. The van der Waals surface area contributed by atoms with Crippen molar-refractivity contribution in [2.45, 2.75) is 25.7 Å². The minimum atomic E-state index is -0.178. The van der Waals surface area contributed by atoms with E-state index in [9.17, 15) is 9.18 Å². The summed E-state index contributed by atoms with van der Waals surface area (Å²) in [4.78, 5) is 23.5. The topological polar surface area (TPSA) is 39.7 Å². The van der Waals surface area contributed by atoms with Gasteiger partial charge in [0.2, 0.25) is 0 Å². The summed E-state index contributed by atoms with van der Waals surface area (Å²) in [6.07, 6.45) is 8.06. The molecule has 0 spiro atoms. The van der Waals surface area contributed by atoms with Crippen molar-refractivity contribution in [3.05, 3.63) is 54.1 Å². The van der Waals surface area contributed by atoms with Crippen LogP contribution in [0, 0.1) is 5.82 Å². The minimum absolute atomic E-state index is 0.0845. The van der Waals surface area contributed by atoms with Crippen molar-refractivity contribution in [2.75, 3.05) is 49.1 Å². The summed E-state index contributed by atoms with van der Waals surface area (Å²) in [6.45, 7) is 4.71. The van der Waals surface area contributed by atoms with E-state index >= 15 is 0 Å². The highest BCUT2D eigenvalue weighted by molar-refractivity contribution is 5.94. The Morgan fingerprint density at radius 3 is 2.25 bits per heavy atom. The van der Waals surface area contributed by atoms with E-state index in [0.717, 1.165) is 57.8 Å². The second-order valence-corrected chi connectivity index (χ2v) is 7.56. The average Bonchev–Trinajstić information content (AvgIpc) is 3.03. The molecule has 1 aromatic carbocycles. The summed E-state index contributed by atoms with van der Waals surface area (Å²) < 4.78 is 14.0. The summed E-state index contributed by atoms with van der Waals surface area (Å²) in [5.74, 6) is -0.0936. The molecule has 0 bridgehead atoms. The van der Waals surface area contributed by atoms with Gasteiger partial charge >= 0.3 is 0 Å². The van der Waals surface area contributed by atoms with Gasteiger partial charge in [0.05, 0.1) is 23.1 Å². The van der Waals surface area contributed by atoms with E-state index in [4.69, 9.17) is 0 Å². The lowest BCUT2D eigenvalue weighted by atomic mass is 10.2. The molecule has 2 saturated heterocycles. The number of anilines is 2. The Morgan fingerprint density at radius 2 is 1.54 bits per heavy atom. The molecule has 0 saturated carbocycles. The summed E-state index contributed by atoms with van der Waals surface area (Å²) in [6, 6.07) is 8.87. The Bertz CT molecular complexity index is 812. The van der Waals surface area contributed by atoms with Crippen LogP contribution in [0.4, 0.5) is 15.8 Å². The first-order valence-electron chi connectivity index (χ1n) is 10.2. The highest BCUT2D eigenvalue weighted by Crippen LogP contribution is 2.23. The fraction of sp³-hybridized carbons (Fsp3) is 0.455. The van der Waals surface area contributed by atoms with Gasteiger partial charge in [0.1, 0.15) is 5.82 Å². The maximum Gasteiger partial charge on any atom is 0.255 e. The van der Waals surface area contributed by atoms with E-state index in [0.29, 0.717) is 11.3 Å². The van der Waals surface area contributed by atoms with E-state index in [1.807, 2.05) is 29.3 Å². The second kappa shape index (κ2) is 8.59. The molecule has 2 fully saturated rings. The molecular weight excluding hydrogens is 355 g/mol. The third-order valence-corrected chi connectivity index (χ3v) is 5.70. The number of hydrogen-bond donors (Lipinski definition) is 0. The highest BCUT2D eigenvalue weighted by Gasteiger charge is 2.22. The number of para-hydroxylation sites is 1. The molecule has 0 atom stereocenters. The average molecular weight is 382 g/mol. The molecule has 4 rings (SSSR count). The van der Waals surface area contributed by atoms with E-state index in [-0.39, 0.29) is 11.7 Å². The summed E-state index contributed by atoms with van der Waals surface area (Å²) >= 11 is 0.